The van der Waals surface area contributed by atoms with E-state index in [1.165, 1.54) is 5.56 Å². The number of nitrogens with one attached hydrogen (secondary N) is 1. The number of fused-ring (bicyclic) bond motifs is 1. The van der Waals surface area contributed by atoms with Crippen molar-refractivity contribution < 1.29 is 23.9 Å². The van der Waals surface area contributed by atoms with Crippen LogP contribution in [0.1, 0.15) is 90.5 Å². The molecule has 1 aromatic carbocycles. The summed E-state index contributed by atoms with van der Waals surface area (Å²) in [5, 5.41) is 2.91. The highest BCUT2D eigenvalue weighted by atomic mass is 16.6. The van der Waals surface area contributed by atoms with Gasteiger partial charge in [0.25, 0.3) is 0 Å². The van der Waals surface area contributed by atoms with Gasteiger partial charge in [0.15, 0.2) is 0 Å². The van der Waals surface area contributed by atoms with Crippen LogP contribution in [0.3, 0.4) is 0 Å². The van der Waals surface area contributed by atoms with E-state index in [0.717, 1.165) is 58.3 Å². The highest BCUT2D eigenvalue weighted by Crippen LogP contribution is 2.54. The van der Waals surface area contributed by atoms with Gasteiger partial charge in [0, 0.05) is 42.0 Å². The van der Waals surface area contributed by atoms with Crippen LogP contribution in [0.15, 0.2) is 30.3 Å². The van der Waals surface area contributed by atoms with Crippen molar-refractivity contribution in [1.82, 2.24) is 20.0 Å². The topological polar surface area (TPSA) is 91.4 Å². The van der Waals surface area contributed by atoms with Crippen LogP contribution in [-0.2, 0) is 19.1 Å². The largest absolute Gasteiger partial charge is 0.444 e. The zero-order valence-electron chi connectivity index (χ0n) is 26.6. The van der Waals surface area contributed by atoms with Crippen LogP contribution < -0.4 is 5.32 Å². The van der Waals surface area contributed by atoms with Crippen molar-refractivity contribution in [1.29, 1.82) is 0 Å². The minimum atomic E-state index is -0.727. The second-order valence-corrected chi connectivity index (χ2v) is 15.4. The summed E-state index contributed by atoms with van der Waals surface area (Å²) in [6, 6.07) is 9.50. The number of benzene rings is 1. The summed E-state index contributed by atoms with van der Waals surface area (Å²) in [4.78, 5) is 48.0. The number of amides is 3. The van der Waals surface area contributed by atoms with Crippen molar-refractivity contribution in [2.45, 2.75) is 120 Å². The summed E-state index contributed by atoms with van der Waals surface area (Å²) in [6.07, 6.45) is 6.06. The fourth-order valence-electron chi connectivity index (χ4n) is 8.16. The van der Waals surface area contributed by atoms with E-state index in [1.54, 1.807) is 0 Å². The fraction of sp³-hybridized carbons (Fsp3) is 0.735. The molecule has 9 nitrogen and oxygen atoms in total. The summed E-state index contributed by atoms with van der Waals surface area (Å²) < 4.78 is 11.1. The van der Waals surface area contributed by atoms with E-state index < -0.39 is 23.8 Å². The molecule has 1 aromatic rings. The molecule has 236 valence electrons. The highest BCUT2D eigenvalue weighted by Gasteiger charge is 2.58. The zero-order valence-corrected chi connectivity index (χ0v) is 26.6. The number of likely N-dealkylation sites (tertiary alicyclic amines) is 1. The van der Waals surface area contributed by atoms with E-state index >= 15 is 0 Å². The Morgan fingerprint density at radius 2 is 1.81 bits per heavy atom. The molecule has 4 heterocycles. The van der Waals surface area contributed by atoms with Crippen LogP contribution in [0.5, 0.6) is 0 Å². The Bertz CT molecular complexity index is 1210. The number of hydrogen-bond donors (Lipinski definition) is 1. The quantitative estimate of drug-likeness (QED) is 0.528. The Labute approximate surface area is 256 Å². The van der Waals surface area contributed by atoms with Gasteiger partial charge in [0.2, 0.25) is 11.8 Å². The molecule has 5 atom stereocenters. The molecule has 0 bridgehead atoms. The van der Waals surface area contributed by atoms with Gasteiger partial charge >= 0.3 is 6.09 Å². The van der Waals surface area contributed by atoms with Crippen molar-refractivity contribution in [3.05, 3.63) is 35.9 Å². The number of nitrogens with zero attached hydrogens (tertiary/aromatic N) is 3. The van der Waals surface area contributed by atoms with Gasteiger partial charge in [-0.25, -0.2) is 4.79 Å². The van der Waals surface area contributed by atoms with Crippen molar-refractivity contribution in [3.8, 4) is 0 Å². The fourth-order valence-corrected chi connectivity index (χ4v) is 8.16. The van der Waals surface area contributed by atoms with E-state index in [4.69, 9.17) is 9.47 Å². The second-order valence-electron chi connectivity index (χ2n) is 15.4. The standard InChI is InChI=1S/C34H50N4O5/c1-32(2,3)43-31(41)35-27-13-11-25(36(5)20-33(4)21-42-22-33)17-26-12-14-28(38(26)29(27)39)30(40)37-19-24(18-34(37)15-16-34)23-9-7-6-8-10-23/h6-10,24-28H,11-22H2,1-5H3,(H,35,41)/t24-,25+,26-,27+,28+/m1/s1. The average Bonchev–Trinajstić information content (AvgIpc) is 3.42. The van der Waals surface area contributed by atoms with Gasteiger partial charge in [-0.2, -0.15) is 0 Å². The van der Waals surface area contributed by atoms with Crippen molar-refractivity contribution >= 4 is 17.9 Å². The second kappa shape index (κ2) is 11.4. The Balaban J connectivity index is 1.23. The van der Waals surface area contributed by atoms with E-state index in [0.29, 0.717) is 25.3 Å². The Morgan fingerprint density at radius 1 is 1.09 bits per heavy atom. The maximum absolute atomic E-state index is 14.4. The first-order valence-corrected chi connectivity index (χ1v) is 16.3. The number of rotatable bonds is 6. The van der Waals surface area contributed by atoms with Crippen molar-refractivity contribution in [2.24, 2.45) is 5.41 Å². The summed E-state index contributed by atoms with van der Waals surface area (Å²) in [7, 11) is 2.17. The van der Waals surface area contributed by atoms with Gasteiger partial charge in [-0.3, -0.25) is 9.59 Å². The highest BCUT2D eigenvalue weighted by molar-refractivity contribution is 5.93. The van der Waals surface area contributed by atoms with Crippen molar-refractivity contribution in [2.75, 3.05) is 33.4 Å². The molecule has 5 aliphatic rings. The predicted molar refractivity (Wildman–Crippen MR) is 163 cm³/mol. The van der Waals surface area contributed by atoms with Gasteiger partial charge in [0.1, 0.15) is 17.7 Å². The molecule has 1 aliphatic carbocycles. The molecule has 9 heteroatoms. The first-order chi connectivity index (χ1) is 20.4. The summed E-state index contributed by atoms with van der Waals surface area (Å²) in [5.74, 6) is 0.271. The van der Waals surface area contributed by atoms with Crippen molar-refractivity contribution in [3.63, 3.8) is 0 Å². The maximum atomic E-state index is 14.4. The Hall–Kier alpha value is -2.65. The van der Waals surface area contributed by atoms with Gasteiger partial charge < -0.3 is 29.5 Å². The number of ether oxygens (including phenoxy) is 2. The molecule has 3 amide bonds. The molecule has 43 heavy (non-hydrogen) atoms. The van der Waals surface area contributed by atoms with E-state index in [-0.39, 0.29) is 34.9 Å². The number of carbonyl (C=O) groups is 3. The van der Waals surface area contributed by atoms with E-state index in [1.807, 2.05) is 31.7 Å². The van der Waals surface area contributed by atoms with Crippen LogP contribution >= 0.6 is 0 Å². The molecule has 1 N–H and O–H groups in total. The molecule has 1 spiro atoms. The molecule has 4 aliphatic heterocycles. The molecule has 1 saturated carbocycles. The minimum Gasteiger partial charge on any atom is -0.444 e. The maximum Gasteiger partial charge on any atom is 0.408 e. The summed E-state index contributed by atoms with van der Waals surface area (Å²) >= 11 is 0. The van der Waals surface area contributed by atoms with Crippen LogP contribution in [0.2, 0.25) is 0 Å². The lowest BCUT2D eigenvalue weighted by molar-refractivity contribution is -0.149. The molecular formula is C34H50N4O5. The Morgan fingerprint density at radius 3 is 2.44 bits per heavy atom. The lowest BCUT2D eigenvalue weighted by Gasteiger charge is -2.45. The molecular weight excluding hydrogens is 544 g/mol. The van der Waals surface area contributed by atoms with E-state index in [9.17, 15) is 14.4 Å². The minimum absolute atomic E-state index is 0.0368. The third kappa shape index (κ3) is 6.30. The number of hydrogen-bond acceptors (Lipinski definition) is 6. The van der Waals surface area contributed by atoms with Gasteiger partial charge in [-0.1, -0.05) is 37.3 Å². The first kappa shape index (κ1) is 30.4. The van der Waals surface area contributed by atoms with Crippen LogP contribution in [0, 0.1) is 5.41 Å². The van der Waals surface area contributed by atoms with E-state index in [2.05, 4.69) is 53.4 Å². The monoisotopic (exact) mass is 594 g/mol. The zero-order chi connectivity index (χ0) is 30.6. The van der Waals surface area contributed by atoms with Crippen LogP contribution in [-0.4, -0.2) is 101 Å². The molecule has 0 aromatic heterocycles. The number of carbonyl (C=O) groups excluding carboxylic acids is 3. The van der Waals surface area contributed by atoms with Gasteiger partial charge in [0.05, 0.1) is 13.2 Å². The van der Waals surface area contributed by atoms with Crippen LogP contribution in [0.25, 0.3) is 0 Å². The third-order valence-electron chi connectivity index (χ3n) is 10.5. The SMILES string of the molecule is CN(CC1(C)COC1)[C@H]1CC[C@H](NC(=O)OC(C)(C)C)C(=O)N2[C@H](CC[C@H]2C(=O)N2C[C@H](c3ccccc3)CC23CC3)C1. The molecule has 0 unspecified atom stereocenters. The lowest BCUT2D eigenvalue weighted by atomic mass is 9.86. The molecule has 5 fully saturated rings. The summed E-state index contributed by atoms with van der Waals surface area (Å²) in [5.41, 5.74) is 0.682. The van der Waals surface area contributed by atoms with Gasteiger partial charge in [-0.05, 0) is 84.7 Å². The average molecular weight is 595 g/mol. The van der Waals surface area contributed by atoms with Gasteiger partial charge in [-0.15, -0.1) is 0 Å². The number of alkyl carbamates (subject to hydrolysis) is 1. The molecule has 4 saturated heterocycles. The summed E-state index contributed by atoms with van der Waals surface area (Å²) in [6.45, 7) is 10.9. The smallest absolute Gasteiger partial charge is 0.408 e. The molecule has 0 radical (unpaired) electrons. The first-order valence-electron chi connectivity index (χ1n) is 16.3. The molecule has 6 rings (SSSR count). The third-order valence-corrected chi connectivity index (χ3v) is 10.5. The predicted octanol–water partition coefficient (Wildman–Crippen LogP) is 4.31. The lowest BCUT2D eigenvalue weighted by Crippen LogP contribution is -2.59. The Kier molecular flexibility index (Phi) is 8.03. The van der Waals surface area contributed by atoms with Crippen LogP contribution in [0.4, 0.5) is 4.79 Å². The normalized spacial score (nSPS) is 31.3.